The number of aromatic nitrogens is 2. The molecule has 0 unspecified atom stereocenters. The number of para-hydroxylation sites is 1. The SMILES string of the molecule is Cc1cc(COc2ccccc2CN)n(C)n1. The van der Waals surface area contributed by atoms with Crippen molar-refractivity contribution < 1.29 is 4.74 Å². The second-order valence-corrected chi connectivity index (χ2v) is 4.00. The molecule has 2 rings (SSSR count). The lowest BCUT2D eigenvalue weighted by atomic mass is 10.2. The number of rotatable bonds is 4. The van der Waals surface area contributed by atoms with Gasteiger partial charge in [-0.15, -0.1) is 0 Å². The molecule has 0 aliphatic carbocycles. The molecular weight excluding hydrogens is 214 g/mol. The third kappa shape index (κ3) is 2.65. The van der Waals surface area contributed by atoms with E-state index in [1.165, 1.54) is 0 Å². The molecule has 0 radical (unpaired) electrons. The van der Waals surface area contributed by atoms with Gasteiger partial charge in [0.25, 0.3) is 0 Å². The fraction of sp³-hybridized carbons (Fsp3) is 0.308. The first-order chi connectivity index (χ1) is 8.20. The number of nitrogens with two attached hydrogens (primary N) is 1. The topological polar surface area (TPSA) is 53.1 Å². The van der Waals surface area contributed by atoms with Gasteiger partial charge in [-0.05, 0) is 19.1 Å². The van der Waals surface area contributed by atoms with E-state index in [4.69, 9.17) is 10.5 Å². The largest absolute Gasteiger partial charge is 0.487 e. The Balaban J connectivity index is 2.09. The van der Waals surface area contributed by atoms with Crippen LogP contribution in [-0.4, -0.2) is 9.78 Å². The first-order valence-corrected chi connectivity index (χ1v) is 5.61. The Hall–Kier alpha value is -1.81. The fourth-order valence-corrected chi connectivity index (χ4v) is 1.76. The smallest absolute Gasteiger partial charge is 0.130 e. The van der Waals surface area contributed by atoms with Crippen LogP contribution in [0, 0.1) is 6.92 Å². The van der Waals surface area contributed by atoms with Crippen molar-refractivity contribution in [2.75, 3.05) is 0 Å². The van der Waals surface area contributed by atoms with Crippen molar-refractivity contribution in [3.8, 4) is 5.75 Å². The molecule has 4 heteroatoms. The van der Waals surface area contributed by atoms with E-state index >= 15 is 0 Å². The highest BCUT2D eigenvalue weighted by Gasteiger charge is 2.05. The van der Waals surface area contributed by atoms with Crippen LogP contribution in [0.15, 0.2) is 30.3 Å². The molecule has 0 aliphatic heterocycles. The zero-order valence-electron chi connectivity index (χ0n) is 10.2. The summed E-state index contributed by atoms with van der Waals surface area (Å²) in [6.07, 6.45) is 0. The van der Waals surface area contributed by atoms with E-state index in [1.807, 2.05) is 49.0 Å². The number of hydrogen-bond acceptors (Lipinski definition) is 3. The van der Waals surface area contributed by atoms with Gasteiger partial charge in [0.15, 0.2) is 0 Å². The minimum atomic E-state index is 0.487. The van der Waals surface area contributed by atoms with Gasteiger partial charge in [0, 0.05) is 19.2 Å². The highest BCUT2D eigenvalue weighted by atomic mass is 16.5. The van der Waals surface area contributed by atoms with Crippen molar-refractivity contribution in [3.05, 3.63) is 47.3 Å². The Morgan fingerprint density at radius 1 is 1.35 bits per heavy atom. The van der Waals surface area contributed by atoms with E-state index < -0.39 is 0 Å². The van der Waals surface area contributed by atoms with Gasteiger partial charge in [0.05, 0.1) is 11.4 Å². The Morgan fingerprint density at radius 2 is 2.12 bits per heavy atom. The Bertz CT molecular complexity index is 505. The van der Waals surface area contributed by atoms with Gasteiger partial charge >= 0.3 is 0 Å². The van der Waals surface area contributed by atoms with Crippen molar-refractivity contribution >= 4 is 0 Å². The molecule has 0 aliphatic rings. The molecule has 0 amide bonds. The average Bonchev–Trinajstić information content (AvgIpc) is 2.65. The number of hydrogen-bond donors (Lipinski definition) is 1. The number of ether oxygens (including phenoxy) is 1. The molecule has 0 spiro atoms. The summed E-state index contributed by atoms with van der Waals surface area (Å²) in [6.45, 7) is 2.96. The van der Waals surface area contributed by atoms with Crippen LogP contribution in [-0.2, 0) is 20.2 Å². The standard InChI is InChI=1S/C13H17N3O/c1-10-7-12(16(2)15-10)9-17-13-6-4-3-5-11(13)8-14/h3-7H,8-9,14H2,1-2H3. The van der Waals surface area contributed by atoms with Gasteiger partial charge in [-0.25, -0.2) is 0 Å². The highest BCUT2D eigenvalue weighted by molar-refractivity contribution is 5.33. The molecule has 1 aromatic carbocycles. The maximum atomic E-state index is 5.77. The van der Waals surface area contributed by atoms with Gasteiger partial charge in [-0.3, -0.25) is 4.68 Å². The molecule has 1 aromatic heterocycles. The monoisotopic (exact) mass is 231 g/mol. The summed E-state index contributed by atoms with van der Waals surface area (Å²) < 4.78 is 7.60. The predicted octanol–water partition coefficient (Wildman–Crippen LogP) is 1.77. The lowest BCUT2D eigenvalue weighted by Gasteiger charge is -2.09. The van der Waals surface area contributed by atoms with Gasteiger partial charge in [0.2, 0.25) is 0 Å². The average molecular weight is 231 g/mol. The van der Waals surface area contributed by atoms with Crippen LogP contribution < -0.4 is 10.5 Å². The summed E-state index contributed by atoms with van der Waals surface area (Å²) in [5.41, 5.74) is 8.72. The molecule has 0 bridgehead atoms. The van der Waals surface area contributed by atoms with Crippen molar-refractivity contribution in [2.24, 2.45) is 12.8 Å². The third-order valence-electron chi connectivity index (χ3n) is 2.67. The van der Waals surface area contributed by atoms with Gasteiger partial charge in [0.1, 0.15) is 12.4 Å². The minimum absolute atomic E-state index is 0.487. The molecule has 2 N–H and O–H groups in total. The molecule has 17 heavy (non-hydrogen) atoms. The predicted molar refractivity (Wildman–Crippen MR) is 66.6 cm³/mol. The first-order valence-electron chi connectivity index (χ1n) is 5.61. The summed E-state index contributed by atoms with van der Waals surface area (Å²) in [6, 6.07) is 9.84. The molecule has 1 heterocycles. The number of benzene rings is 1. The molecule has 0 atom stereocenters. The van der Waals surface area contributed by atoms with Gasteiger partial charge in [-0.1, -0.05) is 18.2 Å². The van der Waals surface area contributed by atoms with Crippen molar-refractivity contribution in [3.63, 3.8) is 0 Å². The zero-order chi connectivity index (χ0) is 12.3. The van der Waals surface area contributed by atoms with Crippen LogP contribution >= 0.6 is 0 Å². The Kier molecular flexibility index (Phi) is 3.44. The van der Waals surface area contributed by atoms with Gasteiger partial charge < -0.3 is 10.5 Å². The Morgan fingerprint density at radius 3 is 2.76 bits per heavy atom. The van der Waals surface area contributed by atoms with E-state index in [0.717, 1.165) is 22.7 Å². The van der Waals surface area contributed by atoms with Crippen molar-refractivity contribution in [1.29, 1.82) is 0 Å². The van der Waals surface area contributed by atoms with Crippen LogP contribution in [0.4, 0.5) is 0 Å². The van der Waals surface area contributed by atoms with E-state index in [2.05, 4.69) is 5.10 Å². The fourth-order valence-electron chi connectivity index (χ4n) is 1.76. The number of nitrogens with zero attached hydrogens (tertiary/aromatic N) is 2. The lowest BCUT2D eigenvalue weighted by Crippen LogP contribution is -2.05. The molecule has 0 saturated carbocycles. The van der Waals surface area contributed by atoms with Crippen molar-refractivity contribution in [2.45, 2.75) is 20.1 Å². The summed E-state index contributed by atoms with van der Waals surface area (Å²) in [7, 11) is 1.92. The second kappa shape index (κ2) is 5.01. The molecule has 2 aromatic rings. The third-order valence-corrected chi connectivity index (χ3v) is 2.67. The second-order valence-electron chi connectivity index (χ2n) is 4.00. The number of aryl methyl sites for hydroxylation is 2. The molecular formula is C13H17N3O. The summed E-state index contributed by atoms with van der Waals surface area (Å²) >= 11 is 0. The van der Waals surface area contributed by atoms with E-state index in [-0.39, 0.29) is 0 Å². The van der Waals surface area contributed by atoms with Gasteiger partial charge in [-0.2, -0.15) is 5.10 Å². The lowest BCUT2D eigenvalue weighted by molar-refractivity contribution is 0.292. The van der Waals surface area contributed by atoms with Crippen LogP contribution in [0.3, 0.4) is 0 Å². The minimum Gasteiger partial charge on any atom is -0.487 e. The molecule has 4 nitrogen and oxygen atoms in total. The summed E-state index contributed by atoms with van der Waals surface area (Å²) in [4.78, 5) is 0. The maximum absolute atomic E-state index is 5.77. The van der Waals surface area contributed by atoms with E-state index in [9.17, 15) is 0 Å². The van der Waals surface area contributed by atoms with E-state index in [1.54, 1.807) is 0 Å². The van der Waals surface area contributed by atoms with Crippen LogP contribution in [0.25, 0.3) is 0 Å². The molecule has 0 saturated heterocycles. The first kappa shape index (κ1) is 11.7. The Labute approximate surface area is 101 Å². The van der Waals surface area contributed by atoms with E-state index in [0.29, 0.717) is 13.2 Å². The molecule has 90 valence electrons. The normalized spacial score (nSPS) is 10.5. The highest BCUT2D eigenvalue weighted by Crippen LogP contribution is 2.18. The van der Waals surface area contributed by atoms with Crippen molar-refractivity contribution in [1.82, 2.24) is 9.78 Å². The molecule has 0 fully saturated rings. The van der Waals surface area contributed by atoms with Crippen LogP contribution in [0.2, 0.25) is 0 Å². The van der Waals surface area contributed by atoms with Crippen LogP contribution in [0.1, 0.15) is 17.0 Å². The summed E-state index contributed by atoms with van der Waals surface area (Å²) in [5, 5.41) is 4.28. The maximum Gasteiger partial charge on any atom is 0.130 e. The summed E-state index contributed by atoms with van der Waals surface area (Å²) in [5.74, 6) is 0.842. The van der Waals surface area contributed by atoms with Crippen LogP contribution in [0.5, 0.6) is 5.75 Å². The quantitative estimate of drug-likeness (QED) is 0.872. The zero-order valence-corrected chi connectivity index (χ0v) is 10.2.